The predicted molar refractivity (Wildman–Crippen MR) is 108 cm³/mol. The zero-order chi connectivity index (χ0) is 18.7. The molecule has 6 nitrogen and oxygen atoms in total. The summed E-state index contributed by atoms with van der Waals surface area (Å²) in [6, 6.07) is 13.6. The van der Waals surface area contributed by atoms with E-state index in [0.29, 0.717) is 12.3 Å². The fraction of sp³-hybridized carbons (Fsp3) is 0.400. The number of nitrogens with zero attached hydrogens (tertiary/aromatic N) is 3. The normalized spacial score (nSPS) is 14.9. The highest BCUT2D eigenvalue weighted by Gasteiger charge is 2.13. The maximum absolute atomic E-state index is 8.83. The molecule has 1 aliphatic heterocycles. The van der Waals surface area contributed by atoms with Crippen LogP contribution < -0.4 is 10.1 Å². The Morgan fingerprint density at radius 3 is 2.74 bits per heavy atom. The van der Waals surface area contributed by atoms with Gasteiger partial charge in [-0.2, -0.15) is 17.0 Å². The molecule has 2 heterocycles. The minimum atomic E-state index is 0.218. The third-order valence-corrected chi connectivity index (χ3v) is 5.11. The Balaban J connectivity index is 1.38. The van der Waals surface area contributed by atoms with E-state index < -0.39 is 0 Å². The highest BCUT2D eigenvalue weighted by Crippen LogP contribution is 2.18. The number of thioether (sulfide) groups is 1. The summed E-state index contributed by atoms with van der Waals surface area (Å²) >= 11 is 1.75. The Bertz CT molecular complexity index is 764. The van der Waals surface area contributed by atoms with Gasteiger partial charge in [-0.05, 0) is 50.2 Å². The van der Waals surface area contributed by atoms with E-state index in [2.05, 4.69) is 27.3 Å². The minimum absolute atomic E-state index is 0.218. The molecule has 0 spiro atoms. The van der Waals surface area contributed by atoms with Crippen molar-refractivity contribution in [1.29, 1.82) is 5.26 Å². The Kier molecular flexibility index (Phi) is 7.63. The van der Waals surface area contributed by atoms with E-state index in [-0.39, 0.29) is 6.02 Å². The molecule has 0 bridgehead atoms. The van der Waals surface area contributed by atoms with E-state index >= 15 is 0 Å². The Labute approximate surface area is 164 Å². The molecule has 0 aliphatic carbocycles. The first kappa shape index (κ1) is 19.3. The van der Waals surface area contributed by atoms with Crippen molar-refractivity contribution in [2.24, 2.45) is 4.99 Å². The molecule has 1 saturated heterocycles. The number of furan rings is 1. The molecule has 3 rings (SSSR count). The molecular weight excluding hydrogens is 360 g/mol. The molecule has 0 atom stereocenters. The second-order valence-corrected chi connectivity index (χ2v) is 7.35. The molecule has 0 radical (unpaired) electrons. The maximum Gasteiger partial charge on any atom is 0.303 e. The molecule has 142 valence electrons. The first-order chi connectivity index (χ1) is 13.3. The van der Waals surface area contributed by atoms with Gasteiger partial charge in [-0.25, -0.2) is 10.3 Å². The molecule has 0 unspecified atom stereocenters. The van der Waals surface area contributed by atoms with Crippen molar-refractivity contribution < 1.29 is 9.15 Å². The topological polar surface area (TPSA) is 73.8 Å². The van der Waals surface area contributed by atoms with Gasteiger partial charge in [-0.1, -0.05) is 18.2 Å². The molecular formula is C20H24N4O2S. The number of hydrogen-bond donors (Lipinski definition) is 1. The Morgan fingerprint density at radius 2 is 1.96 bits per heavy atom. The number of nitriles is 1. The predicted octanol–water partition coefficient (Wildman–Crippen LogP) is 3.61. The van der Waals surface area contributed by atoms with Gasteiger partial charge < -0.3 is 9.15 Å². The summed E-state index contributed by atoms with van der Waals surface area (Å²) < 4.78 is 11.5. The number of amidine groups is 1. The lowest BCUT2D eigenvalue weighted by Crippen LogP contribution is -2.25. The number of benzene rings is 1. The monoisotopic (exact) mass is 384 g/mol. The molecule has 1 aromatic carbocycles. The van der Waals surface area contributed by atoms with Gasteiger partial charge in [0.1, 0.15) is 17.3 Å². The summed E-state index contributed by atoms with van der Waals surface area (Å²) in [7, 11) is 0. The van der Waals surface area contributed by atoms with Crippen LogP contribution in [0.4, 0.5) is 0 Å². The molecule has 2 aromatic rings. The molecule has 1 N–H and O–H groups in total. The SMILES string of the molecule is N#CNC(=NCCSCc1ccc(CN2CCCC2)o1)Oc1ccccc1. The number of likely N-dealkylation sites (tertiary alicyclic amines) is 1. The van der Waals surface area contributed by atoms with Crippen LogP contribution in [-0.4, -0.2) is 36.3 Å². The van der Waals surface area contributed by atoms with Gasteiger partial charge in [0.15, 0.2) is 6.19 Å². The van der Waals surface area contributed by atoms with E-state index in [1.165, 1.54) is 25.9 Å². The smallest absolute Gasteiger partial charge is 0.303 e. The quantitative estimate of drug-likeness (QED) is 0.246. The second-order valence-electron chi connectivity index (χ2n) is 6.24. The molecule has 7 heteroatoms. The van der Waals surface area contributed by atoms with E-state index in [4.69, 9.17) is 14.4 Å². The van der Waals surface area contributed by atoms with E-state index in [1.54, 1.807) is 11.8 Å². The standard InChI is InChI=1S/C20H24N4O2S/c21-16-23-20(26-17-6-2-1-3-7-17)22-10-13-27-15-19-9-8-18(25-19)14-24-11-4-5-12-24/h1-3,6-9H,4-5,10-15H2,(H,22,23). The number of nitrogens with one attached hydrogen (secondary N) is 1. The van der Waals surface area contributed by atoms with E-state index in [1.807, 2.05) is 36.5 Å². The van der Waals surface area contributed by atoms with Crippen LogP contribution in [0, 0.1) is 11.5 Å². The first-order valence-corrected chi connectivity index (χ1v) is 10.3. The van der Waals surface area contributed by atoms with Crippen molar-refractivity contribution >= 4 is 17.8 Å². The zero-order valence-electron chi connectivity index (χ0n) is 15.3. The summed E-state index contributed by atoms with van der Waals surface area (Å²) in [5.41, 5.74) is 0. The first-order valence-electron chi connectivity index (χ1n) is 9.13. The fourth-order valence-corrected chi connectivity index (χ4v) is 3.60. The van der Waals surface area contributed by atoms with Gasteiger partial charge in [-0.3, -0.25) is 4.90 Å². The molecule has 27 heavy (non-hydrogen) atoms. The van der Waals surface area contributed by atoms with Crippen LogP contribution in [0.2, 0.25) is 0 Å². The van der Waals surface area contributed by atoms with Crippen molar-refractivity contribution in [3.63, 3.8) is 0 Å². The summed E-state index contributed by atoms with van der Waals surface area (Å²) in [5, 5.41) is 11.3. The van der Waals surface area contributed by atoms with Crippen molar-refractivity contribution in [3.05, 3.63) is 54.0 Å². The second kappa shape index (κ2) is 10.7. The van der Waals surface area contributed by atoms with Crippen LogP contribution in [0.3, 0.4) is 0 Å². The van der Waals surface area contributed by atoms with Crippen LogP contribution in [0.15, 0.2) is 51.9 Å². The van der Waals surface area contributed by atoms with E-state index in [9.17, 15) is 0 Å². The largest absolute Gasteiger partial charge is 0.464 e. The number of ether oxygens (including phenoxy) is 1. The fourth-order valence-electron chi connectivity index (χ4n) is 2.88. The molecule has 0 amide bonds. The van der Waals surface area contributed by atoms with Gasteiger partial charge in [0.05, 0.1) is 18.8 Å². The van der Waals surface area contributed by atoms with Crippen LogP contribution in [0.5, 0.6) is 5.75 Å². The number of aliphatic imine (C=N–C) groups is 1. The molecule has 1 aliphatic rings. The lowest BCUT2D eigenvalue weighted by atomic mass is 10.3. The van der Waals surface area contributed by atoms with Gasteiger partial charge in [-0.15, -0.1) is 0 Å². The number of hydrogen-bond acceptors (Lipinski definition) is 6. The Hall–Kier alpha value is -2.43. The van der Waals surface area contributed by atoms with Crippen molar-refractivity contribution in [1.82, 2.24) is 10.2 Å². The summed E-state index contributed by atoms with van der Waals surface area (Å²) in [4.78, 5) is 6.75. The van der Waals surface area contributed by atoms with Crippen molar-refractivity contribution in [3.8, 4) is 11.9 Å². The lowest BCUT2D eigenvalue weighted by Gasteiger charge is -2.11. The van der Waals surface area contributed by atoms with Gasteiger partial charge in [0, 0.05) is 5.75 Å². The highest BCUT2D eigenvalue weighted by atomic mass is 32.2. The van der Waals surface area contributed by atoms with Gasteiger partial charge in [0.25, 0.3) is 0 Å². The molecule has 1 aromatic heterocycles. The molecule has 1 fully saturated rings. The van der Waals surface area contributed by atoms with Gasteiger partial charge >= 0.3 is 6.02 Å². The van der Waals surface area contributed by atoms with Crippen molar-refractivity contribution in [2.45, 2.75) is 25.1 Å². The summed E-state index contributed by atoms with van der Waals surface area (Å²) in [6.07, 6.45) is 4.44. The van der Waals surface area contributed by atoms with E-state index in [0.717, 1.165) is 29.6 Å². The average molecular weight is 385 g/mol. The van der Waals surface area contributed by atoms with Crippen LogP contribution in [0.1, 0.15) is 24.4 Å². The summed E-state index contributed by atoms with van der Waals surface area (Å²) in [6.45, 7) is 3.82. The lowest BCUT2D eigenvalue weighted by molar-refractivity contribution is 0.294. The number of para-hydroxylation sites is 1. The molecule has 0 saturated carbocycles. The average Bonchev–Trinajstić information content (AvgIpc) is 3.35. The zero-order valence-corrected chi connectivity index (χ0v) is 16.1. The highest BCUT2D eigenvalue weighted by molar-refractivity contribution is 7.98. The number of rotatable bonds is 8. The third kappa shape index (κ3) is 6.66. The minimum Gasteiger partial charge on any atom is -0.464 e. The van der Waals surface area contributed by atoms with Crippen LogP contribution in [0.25, 0.3) is 0 Å². The third-order valence-electron chi connectivity index (χ3n) is 4.15. The van der Waals surface area contributed by atoms with Crippen molar-refractivity contribution in [2.75, 3.05) is 25.4 Å². The van der Waals surface area contributed by atoms with Gasteiger partial charge in [0.2, 0.25) is 0 Å². The Morgan fingerprint density at radius 1 is 1.19 bits per heavy atom. The van der Waals surface area contributed by atoms with Crippen LogP contribution in [-0.2, 0) is 12.3 Å². The maximum atomic E-state index is 8.83. The summed E-state index contributed by atoms with van der Waals surface area (Å²) in [5.74, 6) is 4.32. The van der Waals surface area contributed by atoms with Crippen LogP contribution >= 0.6 is 11.8 Å².